The van der Waals surface area contributed by atoms with E-state index in [2.05, 4.69) is 14.8 Å². The molecule has 0 radical (unpaired) electrons. The zero-order chi connectivity index (χ0) is 21.9. The Morgan fingerprint density at radius 3 is 2.56 bits per heavy atom. The van der Waals surface area contributed by atoms with E-state index >= 15 is 0 Å². The summed E-state index contributed by atoms with van der Waals surface area (Å²) in [5.41, 5.74) is 1.80. The number of rotatable bonds is 5. The third-order valence-electron chi connectivity index (χ3n) is 6.19. The van der Waals surface area contributed by atoms with Crippen LogP contribution in [0.15, 0.2) is 52.8 Å². The number of amides is 1. The van der Waals surface area contributed by atoms with Crippen molar-refractivity contribution in [2.24, 2.45) is 0 Å². The number of morpholine rings is 1. The summed E-state index contributed by atoms with van der Waals surface area (Å²) in [4.78, 5) is 37.6. The average molecular weight is 454 g/mol. The molecule has 1 atom stereocenters. The lowest BCUT2D eigenvalue weighted by Crippen LogP contribution is -2.52. The molecule has 2 aliphatic rings. The number of benzene rings is 1. The van der Waals surface area contributed by atoms with Crippen LogP contribution in [0.5, 0.6) is 0 Å². The van der Waals surface area contributed by atoms with Gasteiger partial charge in [0.2, 0.25) is 5.91 Å². The number of nitrogens with zero attached hydrogens (tertiary/aromatic N) is 5. The van der Waals surface area contributed by atoms with Gasteiger partial charge in [-0.2, -0.15) is 0 Å². The van der Waals surface area contributed by atoms with Crippen LogP contribution in [0.25, 0.3) is 4.96 Å². The van der Waals surface area contributed by atoms with Crippen LogP contribution in [0.4, 0.5) is 0 Å². The molecule has 0 N–H and O–H groups in total. The molecule has 4 heterocycles. The summed E-state index contributed by atoms with van der Waals surface area (Å²) in [6, 6.07) is 11.4. The molecular weight excluding hydrogens is 426 g/mol. The van der Waals surface area contributed by atoms with Crippen molar-refractivity contribution in [2.75, 3.05) is 52.5 Å². The third-order valence-corrected chi connectivity index (χ3v) is 6.94. The number of hydrogen-bond acceptors (Lipinski definition) is 7. The maximum atomic E-state index is 13.5. The Labute approximate surface area is 190 Å². The molecule has 0 spiro atoms. The van der Waals surface area contributed by atoms with Crippen molar-refractivity contribution in [1.82, 2.24) is 24.1 Å². The van der Waals surface area contributed by atoms with Gasteiger partial charge in [0.15, 0.2) is 4.96 Å². The fourth-order valence-electron chi connectivity index (χ4n) is 4.48. The minimum absolute atomic E-state index is 0.0369. The average Bonchev–Trinajstić information content (AvgIpc) is 3.31. The first kappa shape index (κ1) is 21.3. The summed E-state index contributed by atoms with van der Waals surface area (Å²) in [6.45, 7) is 6.36. The molecule has 2 aliphatic heterocycles. The van der Waals surface area contributed by atoms with E-state index in [0.29, 0.717) is 32.8 Å². The molecule has 2 saturated heterocycles. The molecule has 0 aliphatic carbocycles. The van der Waals surface area contributed by atoms with Gasteiger partial charge in [0, 0.05) is 63.5 Å². The summed E-state index contributed by atoms with van der Waals surface area (Å²) in [6.07, 6.45) is 1.76. The largest absolute Gasteiger partial charge is 0.378 e. The van der Waals surface area contributed by atoms with Gasteiger partial charge in [-0.25, -0.2) is 4.98 Å². The van der Waals surface area contributed by atoms with Crippen LogP contribution in [0.2, 0.25) is 0 Å². The molecule has 8 nitrogen and oxygen atoms in total. The smallest absolute Gasteiger partial charge is 0.258 e. The van der Waals surface area contributed by atoms with Crippen LogP contribution in [-0.2, 0) is 16.1 Å². The first-order valence-corrected chi connectivity index (χ1v) is 11.9. The van der Waals surface area contributed by atoms with Crippen molar-refractivity contribution in [3.63, 3.8) is 0 Å². The van der Waals surface area contributed by atoms with E-state index < -0.39 is 0 Å². The molecule has 3 aromatic rings. The Morgan fingerprint density at radius 1 is 1.06 bits per heavy atom. The number of carbonyl (C=O) groups excluding carboxylic acids is 1. The molecule has 2 aromatic heterocycles. The van der Waals surface area contributed by atoms with E-state index in [1.165, 1.54) is 11.3 Å². The molecular formula is C23H27N5O3S. The maximum absolute atomic E-state index is 13.5. The van der Waals surface area contributed by atoms with Crippen molar-refractivity contribution >= 4 is 22.2 Å². The Bertz CT molecular complexity index is 1120. The second-order valence-electron chi connectivity index (χ2n) is 8.20. The summed E-state index contributed by atoms with van der Waals surface area (Å²) in [5.74, 6) is 0.158. The fraction of sp³-hybridized carbons (Fsp3) is 0.435. The molecule has 2 fully saturated rings. The first-order valence-electron chi connectivity index (χ1n) is 11.0. The van der Waals surface area contributed by atoms with Gasteiger partial charge >= 0.3 is 0 Å². The molecule has 5 rings (SSSR count). The number of hydrogen-bond donors (Lipinski definition) is 0. The van der Waals surface area contributed by atoms with Gasteiger partial charge in [0.05, 0.1) is 18.9 Å². The molecule has 0 unspecified atom stereocenters. The van der Waals surface area contributed by atoms with Crippen molar-refractivity contribution in [2.45, 2.75) is 12.6 Å². The number of aromatic nitrogens is 2. The standard InChI is InChI=1S/C23H27N5O3S/c29-20-16-19(24-23-28(20)12-15-32-23)17-25-6-8-26(9-7-25)21(18-4-2-1-3-5-18)22(30)27-10-13-31-14-11-27/h1-5,12,15-16,21H,6-11,13-14,17H2/t21-/m0/s1. The van der Waals surface area contributed by atoms with E-state index in [1.54, 1.807) is 16.7 Å². The number of fused-ring (bicyclic) bond motifs is 1. The van der Waals surface area contributed by atoms with Gasteiger partial charge in [-0.05, 0) is 5.56 Å². The van der Waals surface area contributed by atoms with Crippen molar-refractivity contribution in [3.8, 4) is 0 Å². The molecule has 0 bridgehead atoms. The van der Waals surface area contributed by atoms with Crippen LogP contribution in [0.3, 0.4) is 0 Å². The predicted molar refractivity (Wildman–Crippen MR) is 123 cm³/mol. The van der Waals surface area contributed by atoms with Crippen LogP contribution < -0.4 is 5.56 Å². The number of thiazole rings is 1. The zero-order valence-electron chi connectivity index (χ0n) is 17.9. The van der Waals surface area contributed by atoms with Gasteiger partial charge < -0.3 is 9.64 Å². The van der Waals surface area contributed by atoms with Gasteiger partial charge in [0.25, 0.3) is 5.56 Å². The monoisotopic (exact) mass is 453 g/mol. The van der Waals surface area contributed by atoms with Gasteiger partial charge in [-0.15, -0.1) is 11.3 Å². The molecule has 9 heteroatoms. The van der Waals surface area contributed by atoms with Gasteiger partial charge in [-0.1, -0.05) is 30.3 Å². The lowest BCUT2D eigenvalue weighted by molar-refractivity contribution is -0.142. The maximum Gasteiger partial charge on any atom is 0.258 e. The predicted octanol–water partition coefficient (Wildman–Crippen LogP) is 1.47. The highest BCUT2D eigenvalue weighted by Crippen LogP contribution is 2.25. The fourth-order valence-corrected chi connectivity index (χ4v) is 5.22. The van der Waals surface area contributed by atoms with E-state index in [9.17, 15) is 9.59 Å². The van der Waals surface area contributed by atoms with Gasteiger partial charge in [-0.3, -0.25) is 23.8 Å². The van der Waals surface area contributed by atoms with Crippen molar-refractivity contribution in [1.29, 1.82) is 0 Å². The molecule has 168 valence electrons. The highest BCUT2D eigenvalue weighted by molar-refractivity contribution is 7.15. The third kappa shape index (κ3) is 4.47. The lowest BCUT2D eigenvalue weighted by Gasteiger charge is -2.41. The first-order chi connectivity index (χ1) is 15.7. The van der Waals surface area contributed by atoms with Crippen molar-refractivity contribution < 1.29 is 9.53 Å². The topological polar surface area (TPSA) is 70.4 Å². The van der Waals surface area contributed by atoms with Gasteiger partial charge in [0.1, 0.15) is 6.04 Å². The quantitative estimate of drug-likeness (QED) is 0.583. The van der Waals surface area contributed by atoms with Crippen LogP contribution in [0.1, 0.15) is 17.3 Å². The molecule has 1 amide bonds. The Hall–Kier alpha value is -2.59. The summed E-state index contributed by atoms with van der Waals surface area (Å²) in [7, 11) is 0. The van der Waals surface area contributed by atoms with Crippen LogP contribution >= 0.6 is 11.3 Å². The van der Waals surface area contributed by atoms with E-state index in [0.717, 1.165) is 42.4 Å². The Morgan fingerprint density at radius 2 is 1.81 bits per heavy atom. The summed E-state index contributed by atoms with van der Waals surface area (Å²) < 4.78 is 7.02. The minimum atomic E-state index is -0.276. The number of carbonyl (C=O) groups is 1. The lowest BCUT2D eigenvalue weighted by atomic mass is 10.0. The highest BCUT2D eigenvalue weighted by Gasteiger charge is 2.34. The number of piperazine rings is 1. The van der Waals surface area contributed by atoms with E-state index in [-0.39, 0.29) is 17.5 Å². The molecule has 0 saturated carbocycles. The van der Waals surface area contributed by atoms with Crippen LogP contribution in [-0.4, -0.2) is 82.5 Å². The van der Waals surface area contributed by atoms with E-state index in [1.807, 2.05) is 40.6 Å². The second kappa shape index (κ2) is 9.50. The van der Waals surface area contributed by atoms with E-state index in [4.69, 9.17) is 4.74 Å². The summed E-state index contributed by atoms with van der Waals surface area (Å²) in [5, 5.41) is 1.88. The SMILES string of the molecule is O=C([C@H](c1ccccc1)N1CCN(Cc2cc(=O)n3ccsc3n2)CC1)N1CCOCC1. The highest BCUT2D eigenvalue weighted by atomic mass is 32.1. The Kier molecular flexibility index (Phi) is 6.31. The molecule has 32 heavy (non-hydrogen) atoms. The second-order valence-corrected chi connectivity index (χ2v) is 9.08. The summed E-state index contributed by atoms with van der Waals surface area (Å²) >= 11 is 1.47. The normalized spacial score (nSPS) is 19.3. The minimum Gasteiger partial charge on any atom is -0.378 e. The Balaban J connectivity index is 1.28. The van der Waals surface area contributed by atoms with Crippen LogP contribution in [0, 0.1) is 0 Å². The zero-order valence-corrected chi connectivity index (χ0v) is 18.7. The number of ether oxygens (including phenoxy) is 1. The molecule has 1 aromatic carbocycles. The van der Waals surface area contributed by atoms with Crippen molar-refractivity contribution in [3.05, 3.63) is 69.6 Å².